The Balaban J connectivity index is 1.77. The maximum atomic E-state index is 12.4. The number of amides is 1. The summed E-state index contributed by atoms with van der Waals surface area (Å²) < 4.78 is 50.9. The maximum Gasteiger partial charge on any atom is 0.266 e. The first kappa shape index (κ1) is 22.9. The fourth-order valence-corrected chi connectivity index (χ4v) is 3.64. The number of nitrogens with zero attached hydrogens (tertiary/aromatic N) is 1. The standard InChI is InChI=1S/C20H16N4O6S2/c21-12-14(20(25)24-15-3-8-18(9-4-15)32(23,28)29)11-16-5-10-19(30-16)13-1-6-17(7-2-13)31(22,26)27/h1-11H,(H,24,25)(H2,22,26,27)(H2,23,28,29). The van der Waals surface area contributed by atoms with Gasteiger partial charge in [-0.15, -0.1) is 0 Å². The highest BCUT2D eigenvalue weighted by atomic mass is 32.2. The Labute approximate surface area is 183 Å². The molecule has 3 aromatic rings. The number of benzene rings is 2. The first-order chi connectivity index (χ1) is 15.0. The third kappa shape index (κ3) is 5.48. The van der Waals surface area contributed by atoms with Gasteiger partial charge in [0.15, 0.2) is 0 Å². The summed E-state index contributed by atoms with van der Waals surface area (Å²) in [5.74, 6) is -0.133. The van der Waals surface area contributed by atoms with Crippen LogP contribution in [0.5, 0.6) is 0 Å². The average molecular weight is 473 g/mol. The van der Waals surface area contributed by atoms with Crippen molar-refractivity contribution >= 4 is 37.7 Å². The Hall–Kier alpha value is -3.76. The molecule has 0 radical (unpaired) electrons. The molecule has 0 aliphatic heterocycles. The van der Waals surface area contributed by atoms with Crippen molar-refractivity contribution in [2.45, 2.75) is 9.79 Å². The van der Waals surface area contributed by atoms with Gasteiger partial charge in [0.1, 0.15) is 23.2 Å². The minimum Gasteiger partial charge on any atom is -0.457 e. The lowest BCUT2D eigenvalue weighted by Crippen LogP contribution is -2.14. The van der Waals surface area contributed by atoms with Crippen LogP contribution >= 0.6 is 0 Å². The van der Waals surface area contributed by atoms with E-state index in [9.17, 15) is 26.9 Å². The molecular weight excluding hydrogens is 456 g/mol. The van der Waals surface area contributed by atoms with Crippen LogP contribution in [0.2, 0.25) is 0 Å². The van der Waals surface area contributed by atoms with Crippen molar-refractivity contribution < 1.29 is 26.0 Å². The van der Waals surface area contributed by atoms with Crippen molar-refractivity contribution in [1.82, 2.24) is 0 Å². The molecule has 0 aliphatic rings. The molecule has 164 valence electrons. The number of sulfonamides is 2. The van der Waals surface area contributed by atoms with Crippen molar-refractivity contribution in [1.29, 1.82) is 5.26 Å². The summed E-state index contributed by atoms with van der Waals surface area (Å²) in [5.41, 5.74) is 0.569. The second kappa shape index (κ2) is 8.77. The van der Waals surface area contributed by atoms with Crippen LogP contribution in [-0.4, -0.2) is 22.7 Å². The van der Waals surface area contributed by atoms with Gasteiger partial charge in [0.25, 0.3) is 5.91 Å². The number of hydrogen-bond acceptors (Lipinski definition) is 7. The second-order valence-corrected chi connectivity index (χ2v) is 9.59. The van der Waals surface area contributed by atoms with Crippen molar-refractivity contribution in [2.75, 3.05) is 5.32 Å². The maximum absolute atomic E-state index is 12.4. The Morgan fingerprint density at radius 1 is 0.875 bits per heavy atom. The van der Waals surface area contributed by atoms with E-state index in [1.165, 1.54) is 60.7 Å². The van der Waals surface area contributed by atoms with E-state index in [-0.39, 0.29) is 26.8 Å². The van der Waals surface area contributed by atoms with Crippen LogP contribution in [-0.2, 0) is 24.8 Å². The monoisotopic (exact) mass is 472 g/mol. The number of anilines is 1. The first-order valence-corrected chi connectivity index (χ1v) is 11.9. The molecule has 0 aliphatic carbocycles. The number of nitriles is 1. The molecule has 1 aromatic heterocycles. The molecule has 0 saturated heterocycles. The second-order valence-electron chi connectivity index (χ2n) is 6.46. The van der Waals surface area contributed by atoms with Crippen molar-refractivity contribution in [3.05, 3.63) is 72.0 Å². The van der Waals surface area contributed by atoms with Crippen LogP contribution in [0.3, 0.4) is 0 Å². The molecule has 0 saturated carbocycles. The van der Waals surface area contributed by atoms with Crippen LogP contribution in [0.4, 0.5) is 5.69 Å². The number of primary sulfonamides is 2. The molecule has 0 spiro atoms. The van der Waals surface area contributed by atoms with E-state index in [0.29, 0.717) is 11.3 Å². The minimum absolute atomic E-state index is 0.0477. The molecule has 3 rings (SSSR count). The predicted octanol–water partition coefficient (Wildman–Crippen LogP) is 1.79. The normalized spacial score (nSPS) is 12.2. The molecular formula is C20H16N4O6S2. The van der Waals surface area contributed by atoms with E-state index in [1.54, 1.807) is 12.1 Å². The number of hydrogen-bond donors (Lipinski definition) is 3. The predicted molar refractivity (Wildman–Crippen MR) is 116 cm³/mol. The summed E-state index contributed by atoms with van der Waals surface area (Å²) in [7, 11) is -7.68. The molecule has 0 atom stereocenters. The Kier molecular flexibility index (Phi) is 6.28. The quantitative estimate of drug-likeness (QED) is 0.360. The zero-order chi connectivity index (χ0) is 23.5. The summed E-state index contributed by atoms with van der Waals surface area (Å²) >= 11 is 0. The number of furan rings is 1. The summed E-state index contributed by atoms with van der Waals surface area (Å²) in [6.07, 6.45) is 1.23. The van der Waals surface area contributed by atoms with Crippen LogP contribution < -0.4 is 15.6 Å². The van der Waals surface area contributed by atoms with Crippen LogP contribution in [0, 0.1) is 11.3 Å². The lowest BCUT2D eigenvalue weighted by atomic mass is 10.2. The number of nitrogens with one attached hydrogen (secondary N) is 1. The zero-order valence-electron chi connectivity index (χ0n) is 16.2. The largest absolute Gasteiger partial charge is 0.457 e. The lowest BCUT2D eigenvalue weighted by molar-refractivity contribution is -0.112. The Morgan fingerprint density at radius 2 is 1.41 bits per heavy atom. The molecule has 5 N–H and O–H groups in total. The van der Waals surface area contributed by atoms with Gasteiger partial charge in [-0.2, -0.15) is 5.26 Å². The third-order valence-corrected chi connectivity index (χ3v) is 6.05. The zero-order valence-corrected chi connectivity index (χ0v) is 17.9. The number of carbonyl (C=O) groups excluding carboxylic acids is 1. The van der Waals surface area contributed by atoms with Crippen molar-refractivity contribution in [3.8, 4) is 17.4 Å². The van der Waals surface area contributed by atoms with Gasteiger partial charge in [0.05, 0.1) is 9.79 Å². The minimum atomic E-state index is -3.86. The van der Waals surface area contributed by atoms with Gasteiger partial charge in [-0.25, -0.2) is 27.1 Å². The van der Waals surface area contributed by atoms with Crippen molar-refractivity contribution in [2.24, 2.45) is 10.3 Å². The fourth-order valence-electron chi connectivity index (χ4n) is 2.61. The summed E-state index contributed by atoms with van der Waals surface area (Å²) in [4.78, 5) is 12.2. The highest BCUT2D eigenvalue weighted by molar-refractivity contribution is 7.89. The molecule has 0 bridgehead atoms. The van der Waals surface area contributed by atoms with E-state index < -0.39 is 26.0 Å². The Morgan fingerprint density at radius 3 is 1.91 bits per heavy atom. The first-order valence-electron chi connectivity index (χ1n) is 8.76. The molecule has 1 amide bonds. The summed E-state index contributed by atoms with van der Waals surface area (Å²) in [6.45, 7) is 0. The summed E-state index contributed by atoms with van der Waals surface area (Å²) in [5, 5.41) is 21.9. The van der Waals surface area contributed by atoms with E-state index in [2.05, 4.69) is 5.32 Å². The highest BCUT2D eigenvalue weighted by Crippen LogP contribution is 2.25. The van der Waals surface area contributed by atoms with Crippen molar-refractivity contribution in [3.63, 3.8) is 0 Å². The van der Waals surface area contributed by atoms with Gasteiger partial charge >= 0.3 is 0 Å². The molecule has 10 nitrogen and oxygen atoms in total. The van der Waals surface area contributed by atoms with Gasteiger partial charge in [0.2, 0.25) is 20.0 Å². The molecule has 32 heavy (non-hydrogen) atoms. The van der Waals surface area contributed by atoms with Crippen LogP contribution in [0.1, 0.15) is 5.76 Å². The third-order valence-electron chi connectivity index (χ3n) is 4.19. The van der Waals surface area contributed by atoms with E-state index in [1.807, 2.05) is 0 Å². The number of carbonyl (C=O) groups is 1. The van der Waals surface area contributed by atoms with Gasteiger partial charge in [0, 0.05) is 17.3 Å². The van der Waals surface area contributed by atoms with E-state index in [4.69, 9.17) is 14.7 Å². The molecule has 12 heteroatoms. The molecule has 0 unspecified atom stereocenters. The van der Waals surface area contributed by atoms with Gasteiger partial charge < -0.3 is 9.73 Å². The van der Waals surface area contributed by atoms with Gasteiger partial charge in [-0.3, -0.25) is 4.79 Å². The van der Waals surface area contributed by atoms with Crippen LogP contribution in [0.15, 0.2) is 80.4 Å². The highest BCUT2D eigenvalue weighted by Gasteiger charge is 2.13. The average Bonchev–Trinajstić information content (AvgIpc) is 3.20. The SMILES string of the molecule is N#CC(=Cc1ccc(-c2ccc(S(N)(=O)=O)cc2)o1)C(=O)Nc1ccc(S(N)(=O)=O)cc1. The van der Waals surface area contributed by atoms with E-state index >= 15 is 0 Å². The van der Waals surface area contributed by atoms with E-state index in [0.717, 1.165) is 0 Å². The van der Waals surface area contributed by atoms with Crippen LogP contribution in [0.25, 0.3) is 17.4 Å². The molecule has 1 heterocycles. The fraction of sp³-hybridized carbons (Fsp3) is 0. The molecule has 2 aromatic carbocycles. The Bertz CT molecular complexity index is 1450. The number of nitrogens with two attached hydrogens (primary N) is 2. The lowest BCUT2D eigenvalue weighted by Gasteiger charge is -2.05. The number of rotatable bonds is 6. The van der Waals surface area contributed by atoms with Gasteiger partial charge in [-0.05, 0) is 60.7 Å². The summed E-state index contributed by atoms with van der Waals surface area (Å²) in [6, 6.07) is 15.7. The molecule has 0 fully saturated rings. The topological polar surface area (TPSA) is 186 Å². The smallest absolute Gasteiger partial charge is 0.266 e. The van der Waals surface area contributed by atoms with Gasteiger partial charge in [-0.1, -0.05) is 0 Å².